The molecule has 0 aromatic heterocycles. The number of benzene rings is 2. The van der Waals surface area contributed by atoms with Gasteiger partial charge in [-0.05, 0) is 24.6 Å². The van der Waals surface area contributed by atoms with Crippen LogP contribution in [0.15, 0.2) is 60.7 Å². The molecule has 0 unspecified atom stereocenters. The van der Waals surface area contributed by atoms with Gasteiger partial charge in [0.15, 0.2) is 0 Å². The van der Waals surface area contributed by atoms with E-state index in [1.165, 1.54) is 4.90 Å². The third-order valence-corrected chi connectivity index (χ3v) is 5.27. The van der Waals surface area contributed by atoms with Crippen molar-refractivity contribution in [3.8, 4) is 5.75 Å². The minimum absolute atomic E-state index is 0.0780. The fraction of sp³-hybridized carbons (Fsp3) is 0.409. The Morgan fingerprint density at radius 2 is 1.62 bits per heavy atom. The number of carbonyl (C=O) groups excluding carboxylic acids is 1. The van der Waals surface area contributed by atoms with E-state index in [0.717, 1.165) is 43.8 Å². The lowest BCUT2D eigenvalue weighted by molar-refractivity contribution is -0.906. The molecule has 4 heteroatoms. The van der Waals surface area contributed by atoms with Gasteiger partial charge >= 0.3 is 5.97 Å². The summed E-state index contributed by atoms with van der Waals surface area (Å²) in [6.45, 7) is 5.84. The number of esters is 1. The van der Waals surface area contributed by atoms with Crippen molar-refractivity contribution in [1.29, 1.82) is 0 Å². The predicted molar refractivity (Wildman–Crippen MR) is 101 cm³/mol. The van der Waals surface area contributed by atoms with Crippen LogP contribution in [0.1, 0.15) is 25.3 Å². The molecule has 1 heterocycles. The summed E-state index contributed by atoms with van der Waals surface area (Å²) in [5.41, 5.74) is 0.583. The molecule has 0 spiro atoms. The van der Waals surface area contributed by atoms with Crippen LogP contribution in [0.5, 0.6) is 5.75 Å². The molecule has 3 rings (SSSR count). The van der Waals surface area contributed by atoms with Crippen molar-refractivity contribution in [2.45, 2.75) is 25.2 Å². The molecule has 1 aliphatic heterocycles. The maximum Gasteiger partial charge on any atom is 0.317 e. The fourth-order valence-electron chi connectivity index (χ4n) is 3.75. The monoisotopic (exact) mass is 354 g/mol. The van der Waals surface area contributed by atoms with Crippen LogP contribution in [-0.2, 0) is 14.9 Å². The fourth-order valence-corrected chi connectivity index (χ4v) is 3.75. The summed E-state index contributed by atoms with van der Waals surface area (Å²) < 4.78 is 11.3. The smallest absolute Gasteiger partial charge is 0.317 e. The Bertz CT molecular complexity index is 679. The van der Waals surface area contributed by atoms with Crippen molar-refractivity contribution in [2.75, 3.05) is 32.8 Å². The zero-order chi connectivity index (χ0) is 18.2. The van der Waals surface area contributed by atoms with Crippen LogP contribution in [0.25, 0.3) is 0 Å². The summed E-state index contributed by atoms with van der Waals surface area (Å²) in [6, 6.07) is 20.0. The number of quaternary nitrogens is 1. The van der Waals surface area contributed by atoms with Gasteiger partial charge < -0.3 is 14.4 Å². The van der Waals surface area contributed by atoms with Gasteiger partial charge in [-0.2, -0.15) is 0 Å². The average molecular weight is 354 g/mol. The second kappa shape index (κ2) is 8.86. The van der Waals surface area contributed by atoms with Crippen molar-refractivity contribution in [3.63, 3.8) is 0 Å². The van der Waals surface area contributed by atoms with Gasteiger partial charge in [-0.1, -0.05) is 48.5 Å². The van der Waals surface area contributed by atoms with E-state index < -0.39 is 5.41 Å². The molecular weight excluding hydrogens is 326 g/mol. The van der Waals surface area contributed by atoms with Gasteiger partial charge in [-0.25, -0.2) is 0 Å². The zero-order valence-corrected chi connectivity index (χ0v) is 15.4. The number of carbonyl (C=O) groups is 1. The molecule has 2 aromatic rings. The SMILES string of the molecule is CCOC(=O)C1(c2ccccc2)CC[NH+](CCOc2ccccc2)CC1. The van der Waals surface area contributed by atoms with Crippen LogP contribution in [0.3, 0.4) is 0 Å². The minimum atomic E-state index is -0.499. The minimum Gasteiger partial charge on any atom is -0.488 e. The van der Waals surface area contributed by atoms with E-state index >= 15 is 0 Å². The Morgan fingerprint density at radius 3 is 2.23 bits per heavy atom. The second-order valence-electron chi connectivity index (χ2n) is 6.83. The number of likely N-dealkylation sites (tertiary alicyclic amines) is 1. The Morgan fingerprint density at radius 1 is 1.00 bits per heavy atom. The number of hydrogen-bond donors (Lipinski definition) is 1. The molecular formula is C22H28NO3+. The standard InChI is InChI=1S/C22H27NO3/c1-2-25-21(24)22(19-9-5-3-6-10-19)13-15-23(16-14-22)17-18-26-20-11-7-4-8-12-20/h3-12H,2,13-18H2,1H3/p+1. The van der Waals surface area contributed by atoms with Crippen LogP contribution < -0.4 is 9.64 Å². The van der Waals surface area contributed by atoms with Gasteiger partial charge in [0.25, 0.3) is 0 Å². The number of rotatable bonds is 7. The summed E-state index contributed by atoms with van der Waals surface area (Å²) >= 11 is 0. The van der Waals surface area contributed by atoms with Gasteiger partial charge in [0, 0.05) is 12.8 Å². The molecule has 1 fully saturated rings. The number of hydrogen-bond acceptors (Lipinski definition) is 3. The van der Waals surface area contributed by atoms with Crippen LogP contribution in [0, 0.1) is 0 Å². The lowest BCUT2D eigenvalue weighted by Gasteiger charge is -2.38. The van der Waals surface area contributed by atoms with Gasteiger partial charge in [-0.3, -0.25) is 4.79 Å². The first-order valence-electron chi connectivity index (χ1n) is 9.49. The molecule has 26 heavy (non-hydrogen) atoms. The normalized spacial score (nSPS) is 22.6. The Labute approximate surface area is 155 Å². The number of para-hydroxylation sites is 1. The molecule has 2 aromatic carbocycles. The highest BCUT2D eigenvalue weighted by Gasteiger charge is 2.45. The highest BCUT2D eigenvalue weighted by molar-refractivity contribution is 5.83. The summed E-state index contributed by atoms with van der Waals surface area (Å²) in [5, 5.41) is 0. The highest BCUT2D eigenvalue weighted by Crippen LogP contribution is 2.34. The van der Waals surface area contributed by atoms with Crippen LogP contribution >= 0.6 is 0 Å². The van der Waals surface area contributed by atoms with Crippen molar-refractivity contribution in [2.24, 2.45) is 0 Å². The van der Waals surface area contributed by atoms with Gasteiger partial charge in [0.1, 0.15) is 24.3 Å². The third kappa shape index (κ3) is 4.25. The largest absolute Gasteiger partial charge is 0.488 e. The predicted octanol–water partition coefficient (Wildman–Crippen LogP) is 2.25. The topological polar surface area (TPSA) is 40.0 Å². The molecule has 0 atom stereocenters. The van der Waals surface area contributed by atoms with E-state index in [2.05, 4.69) is 12.1 Å². The molecule has 0 bridgehead atoms. The van der Waals surface area contributed by atoms with Crippen LogP contribution in [0.4, 0.5) is 0 Å². The number of piperidine rings is 1. The first-order chi connectivity index (χ1) is 12.7. The Balaban J connectivity index is 1.59. The Kier molecular flexibility index (Phi) is 6.29. The maximum absolute atomic E-state index is 12.8. The van der Waals surface area contributed by atoms with Crippen LogP contribution in [-0.4, -0.2) is 38.8 Å². The molecule has 4 nitrogen and oxygen atoms in total. The second-order valence-corrected chi connectivity index (χ2v) is 6.83. The van der Waals surface area contributed by atoms with Crippen LogP contribution in [0.2, 0.25) is 0 Å². The number of ether oxygens (including phenoxy) is 2. The molecule has 0 saturated carbocycles. The quantitative estimate of drug-likeness (QED) is 0.775. The molecule has 1 saturated heterocycles. The molecule has 0 aliphatic carbocycles. The van der Waals surface area contributed by atoms with E-state index in [4.69, 9.17) is 9.47 Å². The van der Waals surface area contributed by atoms with Crippen molar-refractivity contribution in [3.05, 3.63) is 66.2 Å². The van der Waals surface area contributed by atoms with Crippen molar-refractivity contribution < 1.29 is 19.2 Å². The summed E-state index contributed by atoms with van der Waals surface area (Å²) in [6.07, 6.45) is 1.63. The Hall–Kier alpha value is -2.33. The van der Waals surface area contributed by atoms with E-state index in [0.29, 0.717) is 13.2 Å². The van der Waals surface area contributed by atoms with Crippen molar-refractivity contribution >= 4 is 5.97 Å². The highest BCUT2D eigenvalue weighted by atomic mass is 16.5. The van der Waals surface area contributed by atoms with E-state index in [1.807, 2.05) is 55.5 Å². The van der Waals surface area contributed by atoms with E-state index in [9.17, 15) is 4.79 Å². The lowest BCUT2D eigenvalue weighted by atomic mass is 9.72. The van der Waals surface area contributed by atoms with E-state index in [1.54, 1.807) is 0 Å². The van der Waals surface area contributed by atoms with Gasteiger partial charge in [-0.15, -0.1) is 0 Å². The molecule has 138 valence electrons. The maximum atomic E-state index is 12.8. The number of nitrogens with one attached hydrogen (secondary N) is 1. The summed E-state index contributed by atoms with van der Waals surface area (Å²) in [7, 11) is 0. The zero-order valence-electron chi connectivity index (χ0n) is 15.4. The van der Waals surface area contributed by atoms with Gasteiger partial charge in [0.05, 0.1) is 19.7 Å². The third-order valence-electron chi connectivity index (χ3n) is 5.27. The lowest BCUT2D eigenvalue weighted by Crippen LogP contribution is -3.14. The first kappa shape index (κ1) is 18.5. The summed E-state index contributed by atoms with van der Waals surface area (Å²) in [5.74, 6) is 0.833. The first-order valence-corrected chi connectivity index (χ1v) is 9.49. The molecule has 0 radical (unpaired) electrons. The van der Waals surface area contributed by atoms with Gasteiger partial charge in [0.2, 0.25) is 0 Å². The molecule has 1 N–H and O–H groups in total. The average Bonchev–Trinajstić information content (AvgIpc) is 2.70. The molecule has 0 amide bonds. The van der Waals surface area contributed by atoms with Crippen molar-refractivity contribution in [1.82, 2.24) is 0 Å². The van der Waals surface area contributed by atoms with E-state index in [-0.39, 0.29) is 5.97 Å². The summed E-state index contributed by atoms with van der Waals surface area (Å²) in [4.78, 5) is 14.3. The molecule has 1 aliphatic rings.